The van der Waals surface area contributed by atoms with Gasteiger partial charge in [-0.3, -0.25) is 14.9 Å². The third-order valence-electron chi connectivity index (χ3n) is 4.44. The van der Waals surface area contributed by atoms with E-state index in [1.807, 2.05) is 30.2 Å². The Bertz CT molecular complexity index is 664. The molecule has 0 aromatic carbocycles. The summed E-state index contributed by atoms with van der Waals surface area (Å²) in [6, 6.07) is 3.81. The Morgan fingerprint density at radius 2 is 2.27 bits per heavy atom. The van der Waals surface area contributed by atoms with Crippen LogP contribution in [0.15, 0.2) is 24.5 Å². The number of aromatic amines is 1. The van der Waals surface area contributed by atoms with Crippen LogP contribution in [0.1, 0.15) is 40.2 Å². The lowest BCUT2D eigenvalue weighted by Crippen LogP contribution is -2.41. The van der Waals surface area contributed by atoms with Crippen molar-refractivity contribution in [1.82, 2.24) is 20.1 Å². The molecule has 1 amide bonds. The first-order chi connectivity index (χ1) is 10.6. The Labute approximate surface area is 130 Å². The first-order valence-corrected chi connectivity index (χ1v) is 7.85. The van der Waals surface area contributed by atoms with Crippen molar-refractivity contribution in [3.63, 3.8) is 0 Å². The van der Waals surface area contributed by atoms with E-state index in [1.165, 1.54) is 11.3 Å². The highest BCUT2D eigenvalue weighted by atomic mass is 16.2. The maximum absolute atomic E-state index is 12.7. The van der Waals surface area contributed by atoms with E-state index in [0.717, 1.165) is 37.9 Å². The average Bonchev–Trinajstić information content (AvgIpc) is 2.92. The van der Waals surface area contributed by atoms with Crippen LogP contribution in [0.2, 0.25) is 0 Å². The fourth-order valence-corrected chi connectivity index (χ4v) is 3.14. The van der Waals surface area contributed by atoms with Crippen molar-refractivity contribution in [3.8, 4) is 0 Å². The standard InChI is InChI=1S/C17H22N4O/c1-12-5-3-7-18-16(12)17(22)21-8-4-6-14(11-21)9-15-13(2)10-19-20-15/h3,5,7,10,14H,4,6,8-9,11H2,1-2H3,(H,19,20)/t14-/m1/s1. The van der Waals surface area contributed by atoms with Gasteiger partial charge < -0.3 is 4.90 Å². The number of aromatic nitrogens is 3. The minimum atomic E-state index is 0.0594. The maximum atomic E-state index is 12.7. The van der Waals surface area contributed by atoms with E-state index in [0.29, 0.717) is 11.6 Å². The summed E-state index contributed by atoms with van der Waals surface area (Å²) >= 11 is 0. The van der Waals surface area contributed by atoms with Crippen molar-refractivity contribution in [2.75, 3.05) is 13.1 Å². The van der Waals surface area contributed by atoms with Gasteiger partial charge in [-0.25, -0.2) is 0 Å². The van der Waals surface area contributed by atoms with Crippen molar-refractivity contribution >= 4 is 5.91 Å². The summed E-state index contributed by atoms with van der Waals surface area (Å²) in [4.78, 5) is 18.9. The first kappa shape index (κ1) is 14.8. The van der Waals surface area contributed by atoms with Gasteiger partial charge in [0, 0.05) is 25.0 Å². The smallest absolute Gasteiger partial charge is 0.272 e. The zero-order valence-electron chi connectivity index (χ0n) is 13.2. The lowest BCUT2D eigenvalue weighted by molar-refractivity contribution is 0.0666. The van der Waals surface area contributed by atoms with Crippen LogP contribution < -0.4 is 0 Å². The quantitative estimate of drug-likeness (QED) is 0.947. The normalized spacial score (nSPS) is 18.5. The molecule has 0 saturated carbocycles. The molecule has 1 atom stereocenters. The van der Waals surface area contributed by atoms with Crippen molar-refractivity contribution in [1.29, 1.82) is 0 Å². The van der Waals surface area contributed by atoms with E-state index in [-0.39, 0.29) is 5.91 Å². The number of piperidine rings is 1. The molecule has 0 spiro atoms. The minimum Gasteiger partial charge on any atom is -0.337 e. The third kappa shape index (κ3) is 3.03. The van der Waals surface area contributed by atoms with E-state index in [4.69, 9.17) is 0 Å². The summed E-state index contributed by atoms with van der Waals surface area (Å²) in [5, 5.41) is 7.16. The monoisotopic (exact) mass is 298 g/mol. The Hall–Kier alpha value is -2.17. The third-order valence-corrected chi connectivity index (χ3v) is 4.44. The number of carbonyl (C=O) groups excluding carboxylic acids is 1. The van der Waals surface area contributed by atoms with Gasteiger partial charge in [0.15, 0.2) is 0 Å². The van der Waals surface area contributed by atoms with Crippen LogP contribution in [0.4, 0.5) is 0 Å². The fourth-order valence-electron chi connectivity index (χ4n) is 3.14. The van der Waals surface area contributed by atoms with Crippen LogP contribution in [-0.2, 0) is 6.42 Å². The van der Waals surface area contributed by atoms with Crippen molar-refractivity contribution in [2.24, 2.45) is 5.92 Å². The highest BCUT2D eigenvalue weighted by Gasteiger charge is 2.26. The number of aryl methyl sites for hydroxylation is 2. The van der Waals surface area contributed by atoms with Gasteiger partial charge in [-0.2, -0.15) is 5.10 Å². The molecule has 116 valence electrons. The number of carbonyl (C=O) groups is 1. The number of hydrogen-bond acceptors (Lipinski definition) is 3. The molecule has 5 heteroatoms. The summed E-state index contributed by atoms with van der Waals surface area (Å²) in [5.41, 5.74) is 3.91. The van der Waals surface area contributed by atoms with Crippen molar-refractivity contribution in [2.45, 2.75) is 33.1 Å². The van der Waals surface area contributed by atoms with Gasteiger partial charge in [0.05, 0.1) is 6.20 Å². The van der Waals surface area contributed by atoms with Crippen molar-refractivity contribution < 1.29 is 4.79 Å². The number of nitrogens with zero attached hydrogens (tertiary/aromatic N) is 3. The van der Waals surface area contributed by atoms with Crippen LogP contribution >= 0.6 is 0 Å². The van der Waals surface area contributed by atoms with E-state index < -0.39 is 0 Å². The van der Waals surface area contributed by atoms with Crippen molar-refractivity contribution in [3.05, 3.63) is 47.0 Å². The van der Waals surface area contributed by atoms with Gasteiger partial charge in [0.25, 0.3) is 5.91 Å². The molecular weight excluding hydrogens is 276 g/mol. The second-order valence-electron chi connectivity index (χ2n) is 6.16. The lowest BCUT2D eigenvalue weighted by Gasteiger charge is -2.32. The number of nitrogens with one attached hydrogen (secondary N) is 1. The first-order valence-electron chi connectivity index (χ1n) is 7.85. The predicted molar refractivity (Wildman–Crippen MR) is 84.6 cm³/mol. The molecule has 1 N–H and O–H groups in total. The Kier molecular flexibility index (Phi) is 4.22. The molecule has 1 aliphatic rings. The van der Waals surface area contributed by atoms with Crippen LogP contribution in [-0.4, -0.2) is 39.1 Å². The van der Waals surface area contributed by atoms with Crippen LogP contribution in [0.3, 0.4) is 0 Å². The number of rotatable bonds is 3. The molecule has 0 bridgehead atoms. The number of hydrogen-bond donors (Lipinski definition) is 1. The minimum absolute atomic E-state index is 0.0594. The number of H-pyrrole nitrogens is 1. The molecular formula is C17H22N4O. The molecule has 1 aliphatic heterocycles. The Morgan fingerprint density at radius 3 is 3.00 bits per heavy atom. The highest BCUT2D eigenvalue weighted by molar-refractivity contribution is 5.93. The zero-order chi connectivity index (χ0) is 15.5. The summed E-state index contributed by atoms with van der Waals surface area (Å²) < 4.78 is 0. The van der Waals surface area contributed by atoms with Gasteiger partial charge in [-0.15, -0.1) is 0 Å². The maximum Gasteiger partial charge on any atom is 0.272 e. The predicted octanol–water partition coefficient (Wildman–Crippen LogP) is 2.52. The molecule has 0 aliphatic carbocycles. The molecule has 5 nitrogen and oxygen atoms in total. The molecule has 2 aromatic rings. The van der Waals surface area contributed by atoms with Gasteiger partial charge in [0.1, 0.15) is 5.69 Å². The molecule has 0 unspecified atom stereocenters. The van der Waals surface area contributed by atoms with Crippen LogP contribution in [0.5, 0.6) is 0 Å². The Balaban J connectivity index is 1.69. The second kappa shape index (κ2) is 6.30. The molecule has 3 heterocycles. The van der Waals surface area contributed by atoms with Gasteiger partial charge in [0.2, 0.25) is 0 Å². The number of pyridine rings is 1. The summed E-state index contributed by atoms with van der Waals surface area (Å²) in [6.07, 6.45) is 6.71. The molecule has 22 heavy (non-hydrogen) atoms. The summed E-state index contributed by atoms with van der Waals surface area (Å²) in [6.45, 7) is 5.64. The van der Waals surface area contributed by atoms with Crippen LogP contribution in [0.25, 0.3) is 0 Å². The fraction of sp³-hybridized carbons (Fsp3) is 0.471. The molecule has 1 saturated heterocycles. The molecule has 1 fully saturated rings. The SMILES string of the molecule is Cc1cccnc1C(=O)N1CCC[C@H](Cc2[nH]ncc2C)C1. The number of amides is 1. The summed E-state index contributed by atoms with van der Waals surface area (Å²) in [7, 11) is 0. The van der Waals surface area contributed by atoms with E-state index in [9.17, 15) is 4.79 Å². The van der Waals surface area contributed by atoms with Gasteiger partial charge >= 0.3 is 0 Å². The largest absolute Gasteiger partial charge is 0.337 e. The number of likely N-dealkylation sites (tertiary alicyclic amines) is 1. The lowest BCUT2D eigenvalue weighted by atomic mass is 9.92. The average molecular weight is 298 g/mol. The van der Waals surface area contributed by atoms with Gasteiger partial charge in [-0.1, -0.05) is 6.07 Å². The van der Waals surface area contributed by atoms with E-state index in [2.05, 4.69) is 22.1 Å². The highest BCUT2D eigenvalue weighted by Crippen LogP contribution is 2.22. The molecule has 3 rings (SSSR count). The topological polar surface area (TPSA) is 61.9 Å². The van der Waals surface area contributed by atoms with Crippen LogP contribution in [0, 0.1) is 19.8 Å². The van der Waals surface area contributed by atoms with E-state index >= 15 is 0 Å². The molecule has 0 radical (unpaired) electrons. The Morgan fingerprint density at radius 1 is 1.41 bits per heavy atom. The van der Waals surface area contributed by atoms with Gasteiger partial charge in [-0.05, 0) is 56.2 Å². The van der Waals surface area contributed by atoms with E-state index in [1.54, 1.807) is 6.20 Å². The second-order valence-corrected chi connectivity index (χ2v) is 6.16. The molecule has 2 aromatic heterocycles. The zero-order valence-corrected chi connectivity index (χ0v) is 13.2. The summed E-state index contributed by atoms with van der Waals surface area (Å²) in [5.74, 6) is 0.546.